The quantitative estimate of drug-likeness (QED) is 0.679. The number of hydrogen-bond donors (Lipinski definition) is 0. The topological polar surface area (TPSA) is 27.1 Å². The van der Waals surface area contributed by atoms with Gasteiger partial charge in [-0.05, 0) is 24.3 Å². The zero-order valence-corrected chi connectivity index (χ0v) is 11.3. The van der Waals surface area contributed by atoms with Gasteiger partial charge in [-0.15, -0.1) is 11.6 Å². The average molecular weight is 273 g/mol. The number of halogens is 1. The van der Waals surface area contributed by atoms with Crippen LogP contribution in [0.2, 0.25) is 0 Å². The summed E-state index contributed by atoms with van der Waals surface area (Å²) >= 11 is 6.01. The van der Waals surface area contributed by atoms with Crippen molar-refractivity contribution in [2.75, 3.05) is 7.11 Å². The van der Waals surface area contributed by atoms with Crippen molar-refractivity contribution >= 4 is 22.6 Å². The van der Waals surface area contributed by atoms with E-state index in [9.17, 15) is 0 Å². The van der Waals surface area contributed by atoms with Gasteiger partial charge >= 0.3 is 0 Å². The fourth-order valence-electron chi connectivity index (χ4n) is 2.19. The Morgan fingerprint density at radius 3 is 2.63 bits per heavy atom. The van der Waals surface area contributed by atoms with Gasteiger partial charge < -0.3 is 4.74 Å². The van der Waals surface area contributed by atoms with Crippen LogP contribution in [-0.4, -0.2) is 16.7 Å². The largest absolute Gasteiger partial charge is 0.497 e. The van der Waals surface area contributed by atoms with E-state index in [2.05, 4.69) is 9.55 Å². The highest BCUT2D eigenvalue weighted by atomic mass is 35.5. The van der Waals surface area contributed by atoms with Crippen molar-refractivity contribution in [3.05, 3.63) is 54.4 Å². The fraction of sp³-hybridized carbons (Fsp3) is 0.133. The molecule has 19 heavy (non-hydrogen) atoms. The van der Waals surface area contributed by atoms with Gasteiger partial charge in [0.25, 0.3) is 0 Å². The van der Waals surface area contributed by atoms with E-state index in [1.807, 2.05) is 48.5 Å². The van der Waals surface area contributed by atoms with Gasteiger partial charge in [0.1, 0.15) is 11.6 Å². The number of benzene rings is 2. The number of fused-ring (bicyclic) bond motifs is 1. The maximum absolute atomic E-state index is 6.01. The standard InChI is InChI=1S/C15H13ClN2O/c1-19-12-7-8-13-14(9-12)18(15(10-16)17-13)11-5-3-2-4-6-11/h2-9H,10H2,1H3. The molecular formula is C15H13ClN2O. The highest BCUT2D eigenvalue weighted by Gasteiger charge is 2.12. The highest BCUT2D eigenvalue weighted by molar-refractivity contribution is 6.17. The third-order valence-electron chi connectivity index (χ3n) is 3.07. The van der Waals surface area contributed by atoms with Crippen LogP contribution in [0.3, 0.4) is 0 Å². The average Bonchev–Trinajstić information content (AvgIpc) is 2.85. The number of para-hydroxylation sites is 1. The molecule has 2 aromatic carbocycles. The third kappa shape index (κ3) is 2.06. The minimum Gasteiger partial charge on any atom is -0.497 e. The highest BCUT2D eigenvalue weighted by Crippen LogP contribution is 2.26. The van der Waals surface area contributed by atoms with Gasteiger partial charge in [-0.2, -0.15) is 0 Å². The van der Waals surface area contributed by atoms with Crippen LogP contribution in [0.15, 0.2) is 48.5 Å². The van der Waals surface area contributed by atoms with Crippen molar-refractivity contribution in [2.24, 2.45) is 0 Å². The van der Waals surface area contributed by atoms with Crippen LogP contribution in [0.25, 0.3) is 16.7 Å². The van der Waals surface area contributed by atoms with Crippen LogP contribution in [0.1, 0.15) is 5.82 Å². The monoisotopic (exact) mass is 272 g/mol. The summed E-state index contributed by atoms with van der Waals surface area (Å²) < 4.78 is 7.34. The summed E-state index contributed by atoms with van der Waals surface area (Å²) in [6, 6.07) is 15.9. The first-order valence-corrected chi connectivity index (χ1v) is 6.53. The number of aromatic nitrogens is 2. The van der Waals surface area contributed by atoms with Gasteiger partial charge in [0.2, 0.25) is 0 Å². The molecule has 0 aliphatic carbocycles. The number of alkyl halides is 1. The summed E-state index contributed by atoms with van der Waals surface area (Å²) in [5.74, 6) is 2.01. The molecule has 0 N–H and O–H groups in total. The molecule has 96 valence electrons. The van der Waals surface area contributed by atoms with Crippen LogP contribution in [0.4, 0.5) is 0 Å². The summed E-state index contributed by atoms with van der Waals surface area (Å²) in [6.07, 6.45) is 0. The number of nitrogens with zero attached hydrogens (tertiary/aromatic N) is 2. The minimum atomic E-state index is 0.367. The summed E-state index contributed by atoms with van der Waals surface area (Å²) in [4.78, 5) is 4.56. The Kier molecular flexibility index (Phi) is 3.13. The van der Waals surface area contributed by atoms with E-state index in [0.29, 0.717) is 5.88 Å². The summed E-state index contributed by atoms with van der Waals surface area (Å²) in [6.45, 7) is 0. The second-order valence-corrected chi connectivity index (χ2v) is 4.45. The maximum atomic E-state index is 6.01. The SMILES string of the molecule is COc1ccc2nc(CCl)n(-c3ccccc3)c2c1. The van der Waals surface area contributed by atoms with E-state index in [1.54, 1.807) is 7.11 Å². The zero-order chi connectivity index (χ0) is 13.2. The smallest absolute Gasteiger partial charge is 0.129 e. The Morgan fingerprint density at radius 1 is 1.16 bits per heavy atom. The van der Waals surface area contributed by atoms with E-state index in [1.165, 1.54) is 0 Å². The molecule has 4 heteroatoms. The van der Waals surface area contributed by atoms with Crippen molar-refractivity contribution in [3.63, 3.8) is 0 Å². The van der Waals surface area contributed by atoms with Gasteiger partial charge in [0, 0.05) is 11.8 Å². The van der Waals surface area contributed by atoms with Gasteiger partial charge in [-0.25, -0.2) is 4.98 Å². The summed E-state index contributed by atoms with van der Waals surface area (Å²) in [5, 5.41) is 0. The second-order valence-electron chi connectivity index (χ2n) is 4.19. The predicted molar refractivity (Wildman–Crippen MR) is 77.2 cm³/mol. The van der Waals surface area contributed by atoms with Crippen LogP contribution in [0.5, 0.6) is 5.75 Å². The molecule has 0 unspecified atom stereocenters. The van der Waals surface area contributed by atoms with Gasteiger partial charge in [0.05, 0.1) is 24.0 Å². The molecule has 0 aliphatic rings. The van der Waals surface area contributed by atoms with Crippen molar-refractivity contribution in [1.82, 2.24) is 9.55 Å². The molecule has 0 saturated heterocycles. The molecule has 0 saturated carbocycles. The van der Waals surface area contributed by atoms with Crippen molar-refractivity contribution < 1.29 is 4.74 Å². The number of hydrogen-bond acceptors (Lipinski definition) is 2. The Labute approximate surface area is 116 Å². The van der Waals surface area contributed by atoms with E-state index in [4.69, 9.17) is 16.3 Å². The molecule has 0 fully saturated rings. The van der Waals surface area contributed by atoms with Gasteiger partial charge in [-0.1, -0.05) is 18.2 Å². The molecule has 0 aliphatic heterocycles. The maximum Gasteiger partial charge on any atom is 0.129 e. The van der Waals surface area contributed by atoms with E-state index in [-0.39, 0.29) is 0 Å². The van der Waals surface area contributed by atoms with Crippen LogP contribution < -0.4 is 4.74 Å². The van der Waals surface area contributed by atoms with E-state index in [0.717, 1.165) is 28.3 Å². The molecule has 1 aromatic heterocycles. The first-order chi connectivity index (χ1) is 9.33. The summed E-state index contributed by atoms with van der Waals surface area (Å²) in [5.41, 5.74) is 2.97. The van der Waals surface area contributed by atoms with E-state index < -0.39 is 0 Å². The molecular weight excluding hydrogens is 260 g/mol. The molecule has 0 amide bonds. The number of imidazole rings is 1. The van der Waals surface area contributed by atoms with Crippen LogP contribution in [0, 0.1) is 0 Å². The van der Waals surface area contributed by atoms with E-state index >= 15 is 0 Å². The van der Waals surface area contributed by atoms with Crippen LogP contribution >= 0.6 is 11.6 Å². The number of ether oxygens (including phenoxy) is 1. The van der Waals surface area contributed by atoms with Crippen molar-refractivity contribution in [2.45, 2.75) is 5.88 Å². The fourth-order valence-corrected chi connectivity index (χ4v) is 2.37. The molecule has 3 nitrogen and oxygen atoms in total. The number of rotatable bonds is 3. The Balaban J connectivity index is 2.31. The second kappa shape index (κ2) is 4.94. The number of methoxy groups -OCH3 is 1. The normalized spacial score (nSPS) is 10.8. The van der Waals surface area contributed by atoms with Gasteiger partial charge in [-0.3, -0.25) is 4.57 Å². The first kappa shape index (κ1) is 12.1. The molecule has 0 bridgehead atoms. The van der Waals surface area contributed by atoms with Crippen LogP contribution in [-0.2, 0) is 5.88 Å². The minimum absolute atomic E-state index is 0.367. The molecule has 0 atom stereocenters. The van der Waals surface area contributed by atoms with Crippen molar-refractivity contribution in [1.29, 1.82) is 0 Å². The predicted octanol–water partition coefficient (Wildman–Crippen LogP) is 3.77. The molecule has 3 rings (SSSR count). The lowest BCUT2D eigenvalue weighted by atomic mass is 10.2. The molecule has 1 heterocycles. The Bertz CT molecular complexity index is 707. The zero-order valence-electron chi connectivity index (χ0n) is 10.5. The lowest BCUT2D eigenvalue weighted by molar-refractivity contribution is 0.415. The first-order valence-electron chi connectivity index (χ1n) is 6.00. The lowest BCUT2D eigenvalue weighted by Gasteiger charge is -2.08. The third-order valence-corrected chi connectivity index (χ3v) is 3.30. The molecule has 0 spiro atoms. The lowest BCUT2D eigenvalue weighted by Crippen LogP contribution is -1.98. The Morgan fingerprint density at radius 2 is 1.95 bits per heavy atom. The summed E-state index contributed by atoms with van der Waals surface area (Å²) in [7, 11) is 1.66. The van der Waals surface area contributed by atoms with Gasteiger partial charge in [0.15, 0.2) is 0 Å². The molecule has 0 radical (unpaired) electrons. The van der Waals surface area contributed by atoms with Crippen molar-refractivity contribution in [3.8, 4) is 11.4 Å². The molecule has 3 aromatic rings. The Hall–Kier alpha value is -2.00.